The van der Waals surface area contributed by atoms with Gasteiger partial charge in [0.05, 0.1) is 4.92 Å². The molecule has 0 atom stereocenters. The number of nitro benzene ring substituents is 1. The molecule has 27 heavy (non-hydrogen) atoms. The normalized spacial score (nSPS) is 9.78. The molecule has 0 unspecified atom stereocenters. The predicted molar refractivity (Wildman–Crippen MR) is 106 cm³/mol. The van der Waals surface area contributed by atoms with E-state index in [-0.39, 0.29) is 43.0 Å². The van der Waals surface area contributed by atoms with Crippen LogP contribution in [0.5, 0.6) is 0 Å². The lowest BCUT2D eigenvalue weighted by Gasteiger charge is -2.21. The van der Waals surface area contributed by atoms with Crippen molar-refractivity contribution in [1.82, 2.24) is 9.80 Å². The molecule has 2 amide bonds. The number of amides is 2. The molecule has 0 saturated carbocycles. The van der Waals surface area contributed by atoms with E-state index in [1.807, 2.05) is 0 Å². The zero-order valence-electron chi connectivity index (χ0n) is 15.2. The Hall–Kier alpha value is -3.48. The molecule has 0 bridgehead atoms. The summed E-state index contributed by atoms with van der Waals surface area (Å²) in [6.45, 7) is 15.4. The van der Waals surface area contributed by atoms with Crippen molar-refractivity contribution < 1.29 is 14.5 Å². The van der Waals surface area contributed by atoms with Crippen molar-refractivity contribution in [1.29, 1.82) is 0 Å². The molecule has 0 radical (unpaired) electrons. The predicted octanol–water partition coefficient (Wildman–Crippen LogP) is 3.22. The standard InChI is InChI=1S/C20H23N3O4/c1-5-9-21(10-6-2)19(24)16-13-17(15-18(14-16)23(26)27)20(25)22(11-7-3)12-8-4/h5-8,13-15H,1-4,9-12H2. The van der Waals surface area contributed by atoms with Gasteiger partial charge in [-0.15, -0.1) is 26.3 Å². The van der Waals surface area contributed by atoms with Crippen molar-refractivity contribution in [3.63, 3.8) is 0 Å². The molecule has 0 N–H and O–H groups in total. The zero-order valence-corrected chi connectivity index (χ0v) is 15.2. The summed E-state index contributed by atoms with van der Waals surface area (Å²) in [5, 5.41) is 11.3. The Bertz CT molecular complexity index is 696. The second-order valence-electron chi connectivity index (χ2n) is 5.60. The van der Waals surface area contributed by atoms with Gasteiger partial charge < -0.3 is 9.80 Å². The third-order valence-corrected chi connectivity index (χ3v) is 3.59. The highest BCUT2D eigenvalue weighted by molar-refractivity contribution is 6.01. The average Bonchev–Trinajstić information content (AvgIpc) is 2.66. The lowest BCUT2D eigenvalue weighted by molar-refractivity contribution is -0.384. The van der Waals surface area contributed by atoms with Gasteiger partial charge in [0, 0.05) is 49.4 Å². The molecule has 0 spiro atoms. The molecule has 1 aromatic rings. The molecule has 0 aliphatic carbocycles. The van der Waals surface area contributed by atoms with Gasteiger partial charge in [0.1, 0.15) is 0 Å². The first-order valence-electron chi connectivity index (χ1n) is 8.21. The van der Waals surface area contributed by atoms with E-state index in [1.54, 1.807) is 24.3 Å². The van der Waals surface area contributed by atoms with Gasteiger partial charge in [-0.2, -0.15) is 0 Å². The van der Waals surface area contributed by atoms with Crippen LogP contribution in [0, 0.1) is 10.1 Å². The van der Waals surface area contributed by atoms with E-state index in [2.05, 4.69) is 26.3 Å². The van der Waals surface area contributed by atoms with Gasteiger partial charge in [-0.3, -0.25) is 19.7 Å². The number of non-ortho nitro benzene ring substituents is 1. The van der Waals surface area contributed by atoms with Gasteiger partial charge in [0.2, 0.25) is 0 Å². The SMILES string of the molecule is C=CCN(CC=C)C(=O)c1cc(C(=O)N(CC=C)CC=C)cc([N+](=O)[O-])c1. The quantitative estimate of drug-likeness (QED) is 0.341. The van der Waals surface area contributed by atoms with E-state index in [1.165, 1.54) is 15.9 Å². The largest absolute Gasteiger partial charge is 0.331 e. The Labute approximate surface area is 158 Å². The zero-order chi connectivity index (χ0) is 20.4. The van der Waals surface area contributed by atoms with Crippen LogP contribution in [0.4, 0.5) is 5.69 Å². The van der Waals surface area contributed by atoms with Gasteiger partial charge in [0.15, 0.2) is 0 Å². The van der Waals surface area contributed by atoms with Gasteiger partial charge in [-0.05, 0) is 6.07 Å². The first kappa shape index (κ1) is 21.6. The molecule has 0 saturated heterocycles. The summed E-state index contributed by atoms with van der Waals surface area (Å²) in [4.78, 5) is 39.0. The van der Waals surface area contributed by atoms with E-state index < -0.39 is 16.7 Å². The van der Waals surface area contributed by atoms with Crippen LogP contribution in [0.25, 0.3) is 0 Å². The smallest absolute Gasteiger partial charge is 0.271 e. The summed E-state index contributed by atoms with van der Waals surface area (Å²) < 4.78 is 0. The number of nitrogens with zero attached hydrogens (tertiary/aromatic N) is 3. The maximum absolute atomic E-state index is 12.7. The van der Waals surface area contributed by atoms with Crippen LogP contribution in [-0.4, -0.2) is 52.7 Å². The summed E-state index contributed by atoms with van der Waals surface area (Å²) >= 11 is 0. The van der Waals surface area contributed by atoms with E-state index in [0.29, 0.717) is 0 Å². The van der Waals surface area contributed by atoms with Crippen molar-refractivity contribution in [2.75, 3.05) is 26.2 Å². The van der Waals surface area contributed by atoms with Crippen LogP contribution < -0.4 is 0 Å². The highest BCUT2D eigenvalue weighted by Gasteiger charge is 2.22. The first-order chi connectivity index (χ1) is 12.9. The Morgan fingerprint density at radius 2 is 1.15 bits per heavy atom. The number of carbonyl (C=O) groups excluding carboxylic acids is 2. The van der Waals surface area contributed by atoms with Crippen LogP contribution in [0.2, 0.25) is 0 Å². The Morgan fingerprint density at radius 3 is 1.41 bits per heavy atom. The fourth-order valence-electron chi connectivity index (χ4n) is 2.43. The molecule has 0 heterocycles. The van der Waals surface area contributed by atoms with Crippen molar-refractivity contribution in [2.24, 2.45) is 0 Å². The maximum Gasteiger partial charge on any atom is 0.271 e. The maximum atomic E-state index is 12.7. The summed E-state index contributed by atoms with van der Waals surface area (Å²) in [5.74, 6) is -0.905. The third kappa shape index (κ3) is 5.78. The van der Waals surface area contributed by atoms with Crippen molar-refractivity contribution in [2.45, 2.75) is 0 Å². The average molecular weight is 369 g/mol. The topological polar surface area (TPSA) is 83.8 Å². The lowest BCUT2D eigenvalue weighted by atomic mass is 10.1. The first-order valence-corrected chi connectivity index (χ1v) is 8.21. The number of rotatable bonds is 11. The number of nitro groups is 1. The Kier molecular flexibility index (Phi) is 8.38. The minimum atomic E-state index is -0.635. The molecule has 7 heteroatoms. The van der Waals surface area contributed by atoms with Crippen LogP contribution >= 0.6 is 0 Å². The molecule has 0 aliphatic rings. The fraction of sp³-hybridized carbons (Fsp3) is 0.200. The molecule has 0 fully saturated rings. The van der Waals surface area contributed by atoms with Gasteiger partial charge in [0.25, 0.3) is 17.5 Å². The minimum absolute atomic E-state index is 0.0495. The third-order valence-electron chi connectivity index (χ3n) is 3.59. The number of benzene rings is 1. The molecule has 7 nitrogen and oxygen atoms in total. The van der Waals surface area contributed by atoms with E-state index in [9.17, 15) is 19.7 Å². The Balaban J connectivity index is 3.40. The molecule has 1 rings (SSSR count). The Morgan fingerprint density at radius 1 is 0.815 bits per heavy atom. The summed E-state index contributed by atoms with van der Waals surface area (Å²) in [5.41, 5.74) is -0.236. The van der Waals surface area contributed by atoms with Crippen LogP contribution in [0.3, 0.4) is 0 Å². The summed E-state index contributed by atoms with van der Waals surface area (Å²) in [7, 11) is 0. The van der Waals surface area contributed by atoms with Crippen molar-refractivity contribution in [3.05, 3.63) is 90.1 Å². The van der Waals surface area contributed by atoms with E-state index >= 15 is 0 Å². The minimum Gasteiger partial charge on any atom is -0.331 e. The fourth-order valence-corrected chi connectivity index (χ4v) is 2.43. The van der Waals surface area contributed by atoms with Gasteiger partial charge in [-0.1, -0.05) is 24.3 Å². The van der Waals surface area contributed by atoms with Gasteiger partial charge >= 0.3 is 0 Å². The number of hydrogen-bond acceptors (Lipinski definition) is 4. The molecule has 142 valence electrons. The molecule has 0 aliphatic heterocycles. The van der Waals surface area contributed by atoms with Crippen LogP contribution in [-0.2, 0) is 0 Å². The second-order valence-corrected chi connectivity index (χ2v) is 5.60. The van der Waals surface area contributed by atoms with Crippen LogP contribution in [0.1, 0.15) is 20.7 Å². The highest BCUT2D eigenvalue weighted by Crippen LogP contribution is 2.20. The number of hydrogen-bond donors (Lipinski definition) is 0. The highest BCUT2D eigenvalue weighted by atomic mass is 16.6. The molecule has 0 aromatic heterocycles. The van der Waals surface area contributed by atoms with E-state index in [0.717, 1.165) is 12.1 Å². The van der Waals surface area contributed by atoms with Crippen molar-refractivity contribution >= 4 is 17.5 Å². The summed E-state index contributed by atoms with van der Waals surface area (Å²) in [6, 6.07) is 3.67. The molecular weight excluding hydrogens is 346 g/mol. The van der Waals surface area contributed by atoms with Crippen LogP contribution in [0.15, 0.2) is 68.8 Å². The van der Waals surface area contributed by atoms with Crippen molar-refractivity contribution in [3.8, 4) is 0 Å². The number of carbonyl (C=O) groups is 2. The molecular formula is C20H23N3O4. The van der Waals surface area contributed by atoms with Gasteiger partial charge in [-0.25, -0.2) is 0 Å². The lowest BCUT2D eigenvalue weighted by Crippen LogP contribution is -2.33. The van der Waals surface area contributed by atoms with E-state index in [4.69, 9.17) is 0 Å². The second kappa shape index (κ2) is 10.5. The summed E-state index contributed by atoms with van der Waals surface area (Å²) in [6.07, 6.45) is 6.17. The monoisotopic (exact) mass is 369 g/mol. The molecule has 1 aromatic carbocycles.